The molecule has 0 bridgehead atoms. The van der Waals surface area contributed by atoms with E-state index in [-0.39, 0.29) is 24.8 Å². The zero-order valence-corrected chi connectivity index (χ0v) is 8.56. The van der Waals surface area contributed by atoms with Crippen LogP contribution in [0.4, 0.5) is 5.69 Å². The first-order valence-electron chi connectivity index (χ1n) is 2.72. The van der Waals surface area contributed by atoms with Crippen molar-refractivity contribution in [2.24, 2.45) is 0 Å². The van der Waals surface area contributed by atoms with Gasteiger partial charge in [0.05, 0.1) is 0 Å². The number of anilines is 1. The fourth-order valence-electron chi connectivity index (χ4n) is 0.604. The SMILES string of the molecule is CSc1ccc(N)cc1.Cl.Cl. The van der Waals surface area contributed by atoms with E-state index in [9.17, 15) is 0 Å². The third kappa shape index (κ3) is 4.40. The van der Waals surface area contributed by atoms with Crippen LogP contribution >= 0.6 is 36.6 Å². The number of rotatable bonds is 1. The number of hydrogen-bond acceptors (Lipinski definition) is 2. The molecule has 0 saturated heterocycles. The second-order valence-corrected chi connectivity index (χ2v) is 2.65. The van der Waals surface area contributed by atoms with Crippen LogP contribution in [0.2, 0.25) is 0 Å². The summed E-state index contributed by atoms with van der Waals surface area (Å²) in [7, 11) is 0. The standard InChI is InChI=1S/C7H9NS.2ClH/c1-9-7-4-2-6(8)3-5-7;;/h2-5H,8H2,1H3;2*1H. The summed E-state index contributed by atoms with van der Waals surface area (Å²) in [5.41, 5.74) is 6.30. The minimum absolute atomic E-state index is 0. The number of nitrogen functional groups attached to an aromatic ring is 1. The van der Waals surface area contributed by atoms with E-state index in [1.54, 1.807) is 11.8 Å². The van der Waals surface area contributed by atoms with Gasteiger partial charge in [-0.15, -0.1) is 36.6 Å². The van der Waals surface area contributed by atoms with Crippen LogP contribution in [0.1, 0.15) is 0 Å². The molecule has 1 aromatic rings. The molecule has 1 aromatic carbocycles. The summed E-state index contributed by atoms with van der Waals surface area (Å²) >= 11 is 1.72. The Morgan fingerprint density at radius 1 is 1.09 bits per heavy atom. The average molecular weight is 212 g/mol. The van der Waals surface area contributed by atoms with Crippen LogP contribution in [0.15, 0.2) is 29.2 Å². The predicted octanol–water partition coefficient (Wildman–Crippen LogP) is 2.83. The Labute approximate surface area is 83.6 Å². The topological polar surface area (TPSA) is 26.0 Å². The van der Waals surface area contributed by atoms with E-state index in [2.05, 4.69) is 0 Å². The summed E-state index contributed by atoms with van der Waals surface area (Å²) in [4.78, 5) is 1.25. The smallest absolute Gasteiger partial charge is 0.0314 e. The molecule has 0 radical (unpaired) electrons. The number of nitrogens with two attached hydrogens (primary N) is 1. The molecule has 0 aromatic heterocycles. The zero-order valence-electron chi connectivity index (χ0n) is 6.11. The monoisotopic (exact) mass is 211 g/mol. The summed E-state index contributed by atoms with van der Waals surface area (Å²) in [5, 5.41) is 0. The van der Waals surface area contributed by atoms with Gasteiger partial charge in [0.25, 0.3) is 0 Å². The molecule has 1 nitrogen and oxygen atoms in total. The minimum Gasteiger partial charge on any atom is -0.399 e. The largest absolute Gasteiger partial charge is 0.399 e. The number of halogens is 2. The maximum absolute atomic E-state index is 5.47. The third-order valence-electron chi connectivity index (χ3n) is 1.12. The molecule has 64 valence electrons. The van der Waals surface area contributed by atoms with Gasteiger partial charge in [-0.05, 0) is 30.5 Å². The van der Waals surface area contributed by atoms with Gasteiger partial charge in [0.2, 0.25) is 0 Å². The van der Waals surface area contributed by atoms with Crippen molar-refractivity contribution in [3.8, 4) is 0 Å². The molecule has 0 amide bonds. The van der Waals surface area contributed by atoms with Crippen LogP contribution in [0, 0.1) is 0 Å². The third-order valence-corrected chi connectivity index (χ3v) is 1.86. The summed E-state index contributed by atoms with van der Waals surface area (Å²) in [6.45, 7) is 0. The van der Waals surface area contributed by atoms with Crippen molar-refractivity contribution in [2.75, 3.05) is 12.0 Å². The lowest BCUT2D eigenvalue weighted by Crippen LogP contribution is -1.81. The normalized spacial score (nSPS) is 7.73. The van der Waals surface area contributed by atoms with Gasteiger partial charge in [0.1, 0.15) is 0 Å². The first kappa shape index (κ1) is 13.5. The van der Waals surface area contributed by atoms with Crippen LogP contribution < -0.4 is 5.73 Å². The lowest BCUT2D eigenvalue weighted by atomic mass is 10.3. The van der Waals surface area contributed by atoms with E-state index in [4.69, 9.17) is 5.73 Å². The van der Waals surface area contributed by atoms with E-state index in [1.165, 1.54) is 4.90 Å². The lowest BCUT2D eigenvalue weighted by molar-refractivity contribution is 1.47. The Hall–Kier alpha value is -0.0500. The second kappa shape index (κ2) is 6.65. The van der Waals surface area contributed by atoms with Gasteiger partial charge in [-0.1, -0.05) is 0 Å². The maximum atomic E-state index is 5.47. The Kier molecular flexibility index (Phi) is 8.18. The molecular weight excluding hydrogens is 201 g/mol. The van der Waals surface area contributed by atoms with Crippen molar-refractivity contribution in [2.45, 2.75) is 4.90 Å². The van der Waals surface area contributed by atoms with Crippen molar-refractivity contribution in [3.63, 3.8) is 0 Å². The van der Waals surface area contributed by atoms with Crippen LogP contribution in [0.25, 0.3) is 0 Å². The summed E-state index contributed by atoms with van der Waals surface area (Å²) in [5.74, 6) is 0. The Balaban J connectivity index is 0. The summed E-state index contributed by atoms with van der Waals surface area (Å²) < 4.78 is 0. The molecule has 0 fully saturated rings. The molecule has 2 N–H and O–H groups in total. The molecule has 0 heterocycles. The van der Waals surface area contributed by atoms with Crippen LogP contribution in [0.5, 0.6) is 0 Å². The highest BCUT2D eigenvalue weighted by Crippen LogP contribution is 2.14. The molecule has 11 heavy (non-hydrogen) atoms. The Morgan fingerprint density at radius 2 is 1.55 bits per heavy atom. The predicted molar refractivity (Wildman–Crippen MR) is 57.1 cm³/mol. The average Bonchev–Trinajstić information content (AvgIpc) is 1.90. The van der Waals surface area contributed by atoms with Gasteiger partial charge in [-0.3, -0.25) is 0 Å². The van der Waals surface area contributed by atoms with Gasteiger partial charge in [-0.25, -0.2) is 0 Å². The Morgan fingerprint density at radius 3 is 1.91 bits per heavy atom. The van der Waals surface area contributed by atoms with E-state index < -0.39 is 0 Å². The molecular formula is C7H11Cl2NS. The number of hydrogen-bond donors (Lipinski definition) is 1. The highest BCUT2D eigenvalue weighted by Gasteiger charge is 1.85. The van der Waals surface area contributed by atoms with Gasteiger partial charge in [0, 0.05) is 10.6 Å². The quantitative estimate of drug-likeness (QED) is 0.572. The molecule has 0 unspecified atom stereocenters. The minimum atomic E-state index is 0. The van der Waals surface area contributed by atoms with Gasteiger partial charge in [0.15, 0.2) is 0 Å². The molecule has 4 heteroatoms. The highest BCUT2D eigenvalue weighted by atomic mass is 35.5. The molecule has 0 aliphatic carbocycles. The highest BCUT2D eigenvalue weighted by molar-refractivity contribution is 7.98. The van der Waals surface area contributed by atoms with E-state index >= 15 is 0 Å². The van der Waals surface area contributed by atoms with Crippen molar-refractivity contribution in [3.05, 3.63) is 24.3 Å². The molecule has 0 aliphatic heterocycles. The fourth-order valence-corrected chi connectivity index (χ4v) is 1.01. The zero-order chi connectivity index (χ0) is 6.69. The van der Waals surface area contributed by atoms with Crippen molar-refractivity contribution >= 4 is 42.3 Å². The van der Waals surface area contributed by atoms with Gasteiger partial charge < -0.3 is 5.73 Å². The van der Waals surface area contributed by atoms with Crippen LogP contribution in [-0.2, 0) is 0 Å². The Bertz CT molecular complexity index is 188. The van der Waals surface area contributed by atoms with Crippen molar-refractivity contribution in [1.29, 1.82) is 0 Å². The van der Waals surface area contributed by atoms with Crippen molar-refractivity contribution in [1.82, 2.24) is 0 Å². The first-order chi connectivity index (χ1) is 4.33. The summed E-state index contributed by atoms with van der Waals surface area (Å²) in [6, 6.07) is 7.84. The van der Waals surface area contributed by atoms with E-state index in [1.807, 2.05) is 30.5 Å². The first-order valence-corrected chi connectivity index (χ1v) is 3.95. The number of benzene rings is 1. The van der Waals surface area contributed by atoms with Crippen molar-refractivity contribution < 1.29 is 0 Å². The maximum Gasteiger partial charge on any atom is 0.0314 e. The molecule has 1 rings (SSSR count). The molecule has 0 atom stereocenters. The van der Waals surface area contributed by atoms with Gasteiger partial charge >= 0.3 is 0 Å². The molecule has 0 saturated carbocycles. The van der Waals surface area contributed by atoms with E-state index in [0.717, 1.165) is 5.69 Å². The van der Waals surface area contributed by atoms with E-state index in [0.29, 0.717) is 0 Å². The van der Waals surface area contributed by atoms with Crippen LogP contribution in [-0.4, -0.2) is 6.26 Å². The van der Waals surface area contributed by atoms with Crippen LogP contribution in [0.3, 0.4) is 0 Å². The summed E-state index contributed by atoms with van der Waals surface area (Å²) in [6.07, 6.45) is 2.05. The second-order valence-electron chi connectivity index (χ2n) is 1.77. The number of thioether (sulfide) groups is 1. The van der Waals surface area contributed by atoms with Gasteiger partial charge in [-0.2, -0.15) is 0 Å². The lowest BCUT2D eigenvalue weighted by Gasteiger charge is -1.94. The molecule has 0 spiro atoms. The molecule has 0 aliphatic rings. The fraction of sp³-hybridized carbons (Fsp3) is 0.143.